The fraction of sp³-hybridized carbons (Fsp3) is 0.400. The van der Waals surface area contributed by atoms with Gasteiger partial charge in [-0.2, -0.15) is 0 Å². The van der Waals surface area contributed by atoms with E-state index >= 15 is 0 Å². The molecule has 5 rings (SSSR count). The van der Waals surface area contributed by atoms with Crippen molar-refractivity contribution in [1.82, 2.24) is 44.6 Å². The van der Waals surface area contributed by atoms with E-state index in [-0.39, 0.29) is 41.9 Å². The monoisotopic (exact) mass is 439 g/mol. The van der Waals surface area contributed by atoms with Crippen LogP contribution in [0.2, 0.25) is 0 Å². The van der Waals surface area contributed by atoms with E-state index in [1.165, 1.54) is 23.1 Å². The third-order valence-electron chi connectivity index (χ3n) is 5.83. The van der Waals surface area contributed by atoms with E-state index in [0.717, 1.165) is 12.1 Å². The summed E-state index contributed by atoms with van der Waals surface area (Å²) in [6.07, 6.45) is 1.50. The van der Waals surface area contributed by atoms with Crippen LogP contribution < -0.4 is 5.32 Å². The molecule has 12 heteroatoms. The van der Waals surface area contributed by atoms with Gasteiger partial charge in [0.1, 0.15) is 12.1 Å². The van der Waals surface area contributed by atoms with Crippen molar-refractivity contribution < 1.29 is 14.0 Å². The van der Waals surface area contributed by atoms with E-state index in [4.69, 9.17) is 0 Å². The average Bonchev–Trinajstić information content (AvgIpc) is 3.44. The largest absolute Gasteiger partial charge is 0.345 e. The molecule has 2 aliphatic rings. The Bertz CT molecular complexity index is 1160. The zero-order valence-electron chi connectivity index (χ0n) is 17.5. The molecule has 1 fully saturated rings. The molecule has 1 aromatic carbocycles. The van der Waals surface area contributed by atoms with Crippen LogP contribution in [0.4, 0.5) is 4.39 Å². The van der Waals surface area contributed by atoms with Crippen LogP contribution in [0.25, 0.3) is 0 Å². The molecule has 4 heterocycles. The molecule has 2 aromatic heterocycles. The summed E-state index contributed by atoms with van der Waals surface area (Å²) in [5.74, 6) is 0.169. The average molecular weight is 439 g/mol. The minimum atomic E-state index is -0.344. The maximum absolute atomic E-state index is 13.1. The number of nitrogens with zero attached hydrogens (tertiary/aromatic N) is 8. The Hall–Kier alpha value is -3.67. The molecule has 0 saturated carbocycles. The van der Waals surface area contributed by atoms with Crippen LogP contribution in [0, 0.1) is 5.82 Å². The predicted molar refractivity (Wildman–Crippen MR) is 109 cm³/mol. The van der Waals surface area contributed by atoms with Crippen molar-refractivity contribution in [2.75, 3.05) is 26.2 Å². The zero-order valence-corrected chi connectivity index (χ0v) is 17.5. The Labute approximate surface area is 182 Å². The number of aryl methyl sites for hydroxylation is 1. The summed E-state index contributed by atoms with van der Waals surface area (Å²) < 4.78 is 16.4. The SMILES string of the molecule is Cn1cnc(C(=O)N2CCN3CCn4c(C(=O)NCc5ccc(F)cc5)nnc4[C@@H]3C2)n1. The Morgan fingerprint density at radius 2 is 1.91 bits per heavy atom. The highest BCUT2D eigenvalue weighted by Crippen LogP contribution is 2.29. The van der Waals surface area contributed by atoms with Gasteiger partial charge in [-0.1, -0.05) is 12.1 Å². The third-order valence-corrected chi connectivity index (χ3v) is 5.83. The lowest BCUT2D eigenvalue weighted by atomic mass is 10.1. The second-order valence-corrected chi connectivity index (χ2v) is 7.89. The van der Waals surface area contributed by atoms with Crippen LogP contribution in [-0.2, 0) is 20.1 Å². The van der Waals surface area contributed by atoms with Crippen molar-refractivity contribution in [2.24, 2.45) is 7.05 Å². The molecular formula is C20H22FN9O2. The van der Waals surface area contributed by atoms with Gasteiger partial charge in [0.15, 0.2) is 5.82 Å². The first-order valence-electron chi connectivity index (χ1n) is 10.3. The number of carbonyl (C=O) groups is 2. The molecular weight excluding hydrogens is 417 g/mol. The van der Waals surface area contributed by atoms with Gasteiger partial charge in [0.05, 0.1) is 6.04 Å². The Morgan fingerprint density at radius 1 is 1.12 bits per heavy atom. The quantitative estimate of drug-likeness (QED) is 0.608. The highest BCUT2D eigenvalue weighted by atomic mass is 19.1. The van der Waals surface area contributed by atoms with Crippen LogP contribution in [0.3, 0.4) is 0 Å². The van der Waals surface area contributed by atoms with Gasteiger partial charge in [-0.25, -0.2) is 9.37 Å². The van der Waals surface area contributed by atoms with Gasteiger partial charge in [-0.15, -0.1) is 15.3 Å². The molecule has 0 spiro atoms. The molecule has 0 radical (unpaired) electrons. The first-order valence-corrected chi connectivity index (χ1v) is 10.3. The summed E-state index contributed by atoms with van der Waals surface area (Å²) in [7, 11) is 1.72. The molecule has 2 amide bonds. The summed E-state index contributed by atoms with van der Waals surface area (Å²) >= 11 is 0. The molecule has 0 bridgehead atoms. The number of hydrogen-bond donors (Lipinski definition) is 1. The summed E-state index contributed by atoms with van der Waals surface area (Å²) in [5, 5.41) is 15.3. The topological polar surface area (TPSA) is 114 Å². The van der Waals surface area contributed by atoms with Gasteiger partial charge in [0, 0.05) is 46.3 Å². The van der Waals surface area contributed by atoms with Crippen LogP contribution in [-0.4, -0.2) is 77.3 Å². The standard InChI is InChI=1S/C20H22FN9O2/c1-27-12-23-16(26-27)20(32)29-7-6-28-8-9-30-17(15(28)11-29)24-25-18(30)19(31)22-10-13-2-4-14(21)5-3-13/h2-5,12,15H,6-11H2,1H3,(H,22,31)/t15-/m0/s1. The molecule has 1 atom stereocenters. The number of halogens is 1. The van der Waals surface area contributed by atoms with Crippen LogP contribution in [0.1, 0.15) is 38.7 Å². The van der Waals surface area contributed by atoms with E-state index in [9.17, 15) is 14.0 Å². The van der Waals surface area contributed by atoms with Gasteiger partial charge >= 0.3 is 0 Å². The van der Waals surface area contributed by atoms with E-state index in [0.29, 0.717) is 32.0 Å². The summed E-state index contributed by atoms with van der Waals surface area (Å²) in [6, 6.07) is 5.79. The fourth-order valence-electron chi connectivity index (χ4n) is 4.14. The van der Waals surface area contributed by atoms with Crippen molar-refractivity contribution in [3.8, 4) is 0 Å². The molecule has 1 N–H and O–H groups in total. The van der Waals surface area contributed by atoms with Gasteiger partial charge < -0.3 is 14.8 Å². The van der Waals surface area contributed by atoms with Crippen molar-refractivity contribution in [3.63, 3.8) is 0 Å². The zero-order chi connectivity index (χ0) is 22.2. The molecule has 0 unspecified atom stereocenters. The fourth-order valence-corrected chi connectivity index (χ4v) is 4.14. The van der Waals surface area contributed by atoms with Gasteiger partial charge in [0.2, 0.25) is 11.6 Å². The van der Waals surface area contributed by atoms with E-state index in [1.807, 2.05) is 4.57 Å². The predicted octanol–water partition coefficient (Wildman–Crippen LogP) is -0.0116. The van der Waals surface area contributed by atoms with Gasteiger partial charge in [-0.05, 0) is 17.7 Å². The van der Waals surface area contributed by atoms with Crippen molar-refractivity contribution in [3.05, 3.63) is 59.4 Å². The first-order chi connectivity index (χ1) is 15.5. The van der Waals surface area contributed by atoms with Gasteiger partial charge in [-0.3, -0.25) is 19.2 Å². The Kier molecular flexibility index (Phi) is 5.13. The smallest absolute Gasteiger partial charge is 0.293 e. The van der Waals surface area contributed by atoms with Crippen molar-refractivity contribution in [1.29, 1.82) is 0 Å². The minimum Gasteiger partial charge on any atom is -0.345 e. The van der Waals surface area contributed by atoms with Crippen LogP contribution >= 0.6 is 0 Å². The molecule has 11 nitrogen and oxygen atoms in total. The number of amides is 2. The van der Waals surface area contributed by atoms with Crippen molar-refractivity contribution in [2.45, 2.75) is 19.1 Å². The maximum Gasteiger partial charge on any atom is 0.293 e. The lowest BCUT2D eigenvalue weighted by molar-refractivity contribution is 0.0364. The summed E-state index contributed by atoms with van der Waals surface area (Å²) in [6.45, 7) is 3.28. The number of benzene rings is 1. The number of hydrogen-bond acceptors (Lipinski definition) is 7. The molecule has 3 aromatic rings. The number of piperazine rings is 1. The molecule has 32 heavy (non-hydrogen) atoms. The third kappa shape index (κ3) is 3.73. The van der Waals surface area contributed by atoms with E-state index < -0.39 is 0 Å². The number of fused-ring (bicyclic) bond motifs is 3. The molecule has 166 valence electrons. The Morgan fingerprint density at radius 3 is 2.66 bits per heavy atom. The number of rotatable bonds is 4. The summed E-state index contributed by atoms with van der Waals surface area (Å²) in [4.78, 5) is 33.5. The van der Waals surface area contributed by atoms with Crippen LogP contribution in [0.15, 0.2) is 30.6 Å². The number of carbonyl (C=O) groups excluding carboxylic acids is 2. The highest BCUT2D eigenvalue weighted by molar-refractivity contribution is 5.91. The summed E-state index contributed by atoms with van der Waals surface area (Å²) in [5.41, 5.74) is 0.786. The number of aromatic nitrogens is 6. The molecule has 2 aliphatic heterocycles. The van der Waals surface area contributed by atoms with Crippen LogP contribution in [0.5, 0.6) is 0 Å². The molecule has 0 aliphatic carbocycles. The minimum absolute atomic E-state index is 0.156. The van der Waals surface area contributed by atoms with Crippen molar-refractivity contribution >= 4 is 11.8 Å². The Balaban J connectivity index is 1.30. The first kappa shape index (κ1) is 20.2. The van der Waals surface area contributed by atoms with E-state index in [1.54, 1.807) is 24.1 Å². The van der Waals surface area contributed by atoms with Gasteiger partial charge in [0.25, 0.3) is 11.8 Å². The maximum atomic E-state index is 13.1. The second-order valence-electron chi connectivity index (χ2n) is 7.89. The second kappa shape index (κ2) is 8.11. The molecule has 1 saturated heterocycles. The lowest BCUT2D eigenvalue weighted by Crippen LogP contribution is -2.54. The lowest BCUT2D eigenvalue weighted by Gasteiger charge is -2.43. The number of nitrogens with one attached hydrogen (secondary N) is 1. The van der Waals surface area contributed by atoms with E-state index in [2.05, 4.69) is 30.5 Å². The highest BCUT2D eigenvalue weighted by Gasteiger charge is 2.38. The normalized spacial score (nSPS) is 18.2.